The van der Waals surface area contributed by atoms with Gasteiger partial charge in [-0.1, -0.05) is 12.1 Å². The van der Waals surface area contributed by atoms with Gasteiger partial charge in [0.25, 0.3) is 0 Å². The smallest absolute Gasteiger partial charge is 0.142 e. The lowest BCUT2D eigenvalue weighted by Crippen LogP contribution is -2.18. The Morgan fingerprint density at radius 1 is 1.28 bits per heavy atom. The van der Waals surface area contributed by atoms with Gasteiger partial charge in [0.05, 0.1) is 4.47 Å². The molecule has 0 aliphatic rings. The molecule has 4 heteroatoms. The fraction of sp³-hybridized carbons (Fsp3) is 0.214. The van der Waals surface area contributed by atoms with E-state index in [2.05, 4.69) is 20.9 Å². The zero-order valence-corrected chi connectivity index (χ0v) is 11.9. The van der Waals surface area contributed by atoms with Crippen molar-refractivity contribution in [2.45, 2.75) is 13.5 Å². The van der Waals surface area contributed by atoms with Crippen LogP contribution in [-0.2, 0) is 6.54 Å². The van der Waals surface area contributed by atoms with Crippen LogP contribution in [0.1, 0.15) is 11.1 Å². The third-order valence-corrected chi connectivity index (χ3v) is 3.24. The summed E-state index contributed by atoms with van der Waals surface area (Å²) in [6.45, 7) is 2.69. The standard InChI is InChI=1S/C14H14BrFN2/c1-10-7-13(15)14(17-8-10)18(2)9-11-3-5-12(16)6-4-11/h3-8H,9H2,1-2H3. The van der Waals surface area contributed by atoms with Crippen LogP contribution in [0, 0.1) is 12.7 Å². The van der Waals surface area contributed by atoms with Gasteiger partial charge in [0, 0.05) is 19.8 Å². The van der Waals surface area contributed by atoms with Crippen molar-refractivity contribution in [1.82, 2.24) is 4.98 Å². The highest BCUT2D eigenvalue weighted by Crippen LogP contribution is 2.24. The van der Waals surface area contributed by atoms with Gasteiger partial charge in [-0.15, -0.1) is 0 Å². The Balaban J connectivity index is 2.16. The Hall–Kier alpha value is -1.42. The van der Waals surface area contributed by atoms with Crippen LogP contribution in [-0.4, -0.2) is 12.0 Å². The second-order valence-electron chi connectivity index (χ2n) is 4.30. The fourth-order valence-corrected chi connectivity index (χ4v) is 2.51. The zero-order chi connectivity index (χ0) is 13.1. The van der Waals surface area contributed by atoms with E-state index in [1.807, 2.05) is 31.1 Å². The number of hydrogen-bond acceptors (Lipinski definition) is 2. The predicted octanol–water partition coefficient (Wildman–Crippen LogP) is 3.93. The first-order valence-corrected chi connectivity index (χ1v) is 6.43. The van der Waals surface area contributed by atoms with Crippen LogP contribution in [0.4, 0.5) is 10.2 Å². The summed E-state index contributed by atoms with van der Waals surface area (Å²) >= 11 is 3.51. The lowest BCUT2D eigenvalue weighted by atomic mass is 10.2. The molecule has 94 valence electrons. The molecular formula is C14H14BrFN2. The first-order chi connectivity index (χ1) is 8.56. The van der Waals surface area contributed by atoms with Crippen LogP contribution in [0.2, 0.25) is 0 Å². The summed E-state index contributed by atoms with van der Waals surface area (Å²) in [6, 6.07) is 8.55. The molecule has 0 spiro atoms. The molecule has 2 nitrogen and oxygen atoms in total. The van der Waals surface area contributed by atoms with E-state index in [0.717, 1.165) is 21.4 Å². The molecule has 0 radical (unpaired) electrons. The average Bonchev–Trinajstić information content (AvgIpc) is 2.32. The molecule has 2 aromatic rings. The van der Waals surface area contributed by atoms with E-state index in [0.29, 0.717) is 6.54 Å². The number of anilines is 1. The summed E-state index contributed by atoms with van der Waals surface area (Å²) in [4.78, 5) is 6.42. The predicted molar refractivity (Wildman–Crippen MR) is 75.2 cm³/mol. The summed E-state index contributed by atoms with van der Waals surface area (Å²) < 4.78 is 13.8. The van der Waals surface area contributed by atoms with Gasteiger partial charge >= 0.3 is 0 Å². The first-order valence-electron chi connectivity index (χ1n) is 5.64. The number of aromatic nitrogens is 1. The monoisotopic (exact) mass is 308 g/mol. The molecule has 1 aromatic heterocycles. The molecule has 1 aromatic carbocycles. The van der Waals surface area contributed by atoms with Crippen molar-refractivity contribution < 1.29 is 4.39 Å². The third kappa shape index (κ3) is 3.07. The van der Waals surface area contributed by atoms with Crippen molar-refractivity contribution >= 4 is 21.7 Å². The molecule has 0 fully saturated rings. The van der Waals surface area contributed by atoms with Crippen molar-refractivity contribution in [3.63, 3.8) is 0 Å². The van der Waals surface area contributed by atoms with Gasteiger partial charge in [-0.05, 0) is 52.2 Å². The Morgan fingerprint density at radius 2 is 1.94 bits per heavy atom. The quantitative estimate of drug-likeness (QED) is 0.854. The van der Waals surface area contributed by atoms with Gasteiger partial charge in [0.2, 0.25) is 0 Å². The molecule has 0 saturated carbocycles. The number of nitrogens with zero attached hydrogens (tertiary/aromatic N) is 2. The molecule has 0 aliphatic heterocycles. The van der Waals surface area contributed by atoms with Crippen LogP contribution in [0.15, 0.2) is 41.0 Å². The van der Waals surface area contributed by atoms with Gasteiger partial charge in [-0.25, -0.2) is 9.37 Å². The molecule has 1 heterocycles. The Kier molecular flexibility index (Phi) is 3.97. The maximum Gasteiger partial charge on any atom is 0.142 e. The summed E-state index contributed by atoms with van der Waals surface area (Å²) in [7, 11) is 1.96. The number of aryl methyl sites for hydroxylation is 1. The van der Waals surface area contributed by atoms with E-state index in [1.54, 1.807) is 12.1 Å². The molecule has 18 heavy (non-hydrogen) atoms. The highest BCUT2D eigenvalue weighted by atomic mass is 79.9. The molecule has 0 aliphatic carbocycles. The minimum absolute atomic E-state index is 0.212. The Bertz CT molecular complexity index is 540. The molecule has 0 saturated heterocycles. The second-order valence-corrected chi connectivity index (χ2v) is 5.15. The summed E-state index contributed by atoms with van der Waals surface area (Å²) in [5, 5.41) is 0. The van der Waals surface area contributed by atoms with Crippen LogP contribution in [0.25, 0.3) is 0 Å². The van der Waals surface area contributed by atoms with Crippen LogP contribution in [0.5, 0.6) is 0 Å². The Morgan fingerprint density at radius 3 is 2.56 bits per heavy atom. The molecule has 0 atom stereocenters. The summed E-state index contributed by atoms with van der Waals surface area (Å²) in [6.07, 6.45) is 1.83. The van der Waals surface area contributed by atoms with Gasteiger partial charge in [0.1, 0.15) is 11.6 Å². The number of hydrogen-bond donors (Lipinski definition) is 0. The number of pyridine rings is 1. The van der Waals surface area contributed by atoms with E-state index >= 15 is 0 Å². The Labute approximate surface area is 115 Å². The summed E-state index contributed by atoms with van der Waals surface area (Å²) in [5.41, 5.74) is 2.16. The van der Waals surface area contributed by atoms with Crippen molar-refractivity contribution in [3.05, 3.63) is 57.9 Å². The van der Waals surface area contributed by atoms with Crippen molar-refractivity contribution in [1.29, 1.82) is 0 Å². The second kappa shape index (κ2) is 5.48. The molecule has 2 rings (SSSR count). The van der Waals surface area contributed by atoms with E-state index in [-0.39, 0.29) is 5.82 Å². The van der Waals surface area contributed by atoms with Gasteiger partial charge < -0.3 is 4.90 Å². The van der Waals surface area contributed by atoms with E-state index in [4.69, 9.17) is 0 Å². The third-order valence-electron chi connectivity index (χ3n) is 2.65. The molecule has 0 bridgehead atoms. The van der Waals surface area contributed by atoms with E-state index in [9.17, 15) is 4.39 Å². The maximum atomic E-state index is 12.8. The van der Waals surface area contributed by atoms with Gasteiger partial charge in [-0.2, -0.15) is 0 Å². The normalized spacial score (nSPS) is 10.4. The molecular weight excluding hydrogens is 295 g/mol. The molecule has 0 unspecified atom stereocenters. The van der Waals surface area contributed by atoms with Crippen molar-refractivity contribution in [2.75, 3.05) is 11.9 Å². The minimum atomic E-state index is -0.212. The molecule has 0 N–H and O–H groups in total. The average molecular weight is 309 g/mol. The number of benzene rings is 1. The van der Waals surface area contributed by atoms with Gasteiger partial charge in [-0.3, -0.25) is 0 Å². The summed E-state index contributed by atoms with van der Waals surface area (Å²) in [5.74, 6) is 0.668. The molecule has 0 amide bonds. The van der Waals surface area contributed by atoms with Crippen molar-refractivity contribution in [2.24, 2.45) is 0 Å². The highest BCUT2D eigenvalue weighted by Gasteiger charge is 2.08. The first kappa shape index (κ1) is 13.0. The lowest BCUT2D eigenvalue weighted by molar-refractivity contribution is 0.627. The van der Waals surface area contributed by atoms with Crippen molar-refractivity contribution in [3.8, 4) is 0 Å². The number of halogens is 2. The van der Waals surface area contributed by atoms with Crippen LogP contribution in [0.3, 0.4) is 0 Å². The van der Waals surface area contributed by atoms with Gasteiger partial charge in [0.15, 0.2) is 0 Å². The van der Waals surface area contributed by atoms with E-state index in [1.165, 1.54) is 12.1 Å². The number of rotatable bonds is 3. The van der Waals surface area contributed by atoms with Crippen LogP contribution >= 0.6 is 15.9 Å². The fourth-order valence-electron chi connectivity index (χ4n) is 1.75. The van der Waals surface area contributed by atoms with Crippen LogP contribution < -0.4 is 4.90 Å². The zero-order valence-electron chi connectivity index (χ0n) is 10.3. The topological polar surface area (TPSA) is 16.1 Å². The largest absolute Gasteiger partial charge is 0.354 e. The maximum absolute atomic E-state index is 12.8. The highest BCUT2D eigenvalue weighted by molar-refractivity contribution is 9.10. The minimum Gasteiger partial charge on any atom is -0.354 e. The van der Waals surface area contributed by atoms with E-state index < -0.39 is 0 Å². The lowest BCUT2D eigenvalue weighted by Gasteiger charge is -2.19. The SMILES string of the molecule is Cc1cnc(N(C)Cc2ccc(F)cc2)c(Br)c1.